The number of carbonyl (C=O) groups is 1. The first kappa shape index (κ1) is 13.2. The highest BCUT2D eigenvalue weighted by atomic mass is 35.5. The summed E-state index contributed by atoms with van der Waals surface area (Å²) in [6.07, 6.45) is 2.05. The summed E-state index contributed by atoms with van der Waals surface area (Å²) >= 11 is 5.99. The Morgan fingerprint density at radius 3 is 3.10 bits per heavy atom. The second-order valence-electron chi connectivity index (χ2n) is 5.06. The summed E-state index contributed by atoms with van der Waals surface area (Å²) in [5, 5.41) is 3.15. The maximum atomic E-state index is 11.3. The largest absolute Gasteiger partial charge is 0.473 e. The smallest absolute Gasteiger partial charge is 0.241 e. The van der Waals surface area contributed by atoms with E-state index in [2.05, 4.69) is 15.3 Å². The van der Waals surface area contributed by atoms with Gasteiger partial charge in [-0.05, 0) is 6.92 Å². The first-order valence-electron chi connectivity index (χ1n) is 6.45. The highest BCUT2D eigenvalue weighted by molar-refractivity contribution is 6.30. The van der Waals surface area contributed by atoms with Gasteiger partial charge in [0.1, 0.15) is 16.8 Å². The van der Waals surface area contributed by atoms with E-state index in [0.29, 0.717) is 24.0 Å². The van der Waals surface area contributed by atoms with Crippen LogP contribution in [-0.4, -0.2) is 33.1 Å². The Bertz CT molecular complexity index is 670. The van der Waals surface area contributed by atoms with E-state index in [1.165, 1.54) is 0 Å². The van der Waals surface area contributed by atoms with Crippen molar-refractivity contribution in [3.8, 4) is 5.88 Å². The van der Waals surface area contributed by atoms with Gasteiger partial charge in [-0.2, -0.15) is 4.98 Å². The Morgan fingerprint density at radius 2 is 2.40 bits per heavy atom. The van der Waals surface area contributed by atoms with Crippen molar-refractivity contribution in [1.29, 1.82) is 0 Å². The Hall–Kier alpha value is -1.82. The van der Waals surface area contributed by atoms with E-state index in [0.717, 1.165) is 11.0 Å². The molecule has 0 aliphatic carbocycles. The highest BCUT2D eigenvalue weighted by Crippen LogP contribution is 2.28. The van der Waals surface area contributed by atoms with E-state index in [1.807, 2.05) is 18.5 Å². The van der Waals surface area contributed by atoms with Gasteiger partial charge in [0.2, 0.25) is 11.8 Å². The van der Waals surface area contributed by atoms with Gasteiger partial charge in [-0.25, -0.2) is 4.98 Å². The zero-order chi connectivity index (χ0) is 14.3. The van der Waals surface area contributed by atoms with Crippen molar-refractivity contribution < 1.29 is 9.53 Å². The quantitative estimate of drug-likeness (QED) is 0.872. The molecule has 3 heterocycles. The molecule has 106 valence electrons. The fraction of sp³-hybridized carbons (Fsp3) is 0.462. The average molecular weight is 295 g/mol. The van der Waals surface area contributed by atoms with Crippen LogP contribution in [0.25, 0.3) is 11.0 Å². The summed E-state index contributed by atoms with van der Waals surface area (Å²) in [7, 11) is 1.88. The standard InChI is InChI=1S/C13H15ClN4O2/c1-7(8-3-11(19)15-5-8)20-13-12-9(4-10(14)17-13)16-6-18(12)2/h4,6-8H,3,5H2,1-2H3,(H,15,19)/t7-,8-/m1/s1. The minimum atomic E-state index is -0.127. The Balaban J connectivity index is 1.90. The van der Waals surface area contributed by atoms with Crippen LogP contribution in [-0.2, 0) is 11.8 Å². The van der Waals surface area contributed by atoms with Gasteiger partial charge >= 0.3 is 0 Å². The number of amides is 1. The normalized spacial score (nSPS) is 20.1. The van der Waals surface area contributed by atoms with E-state index in [-0.39, 0.29) is 17.9 Å². The molecular weight excluding hydrogens is 280 g/mol. The van der Waals surface area contributed by atoms with E-state index < -0.39 is 0 Å². The summed E-state index contributed by atoms with van der Waals surface area (Å²) in [5.41, 5.74) is 1.55. The van der Waals surface area contributed by atoms with Gasteiger partial charge in [0.05, 0.1) is 11.8 Å². The molecule has 1 fully saturated rings. The van der Waals surface area contributed by atoms with Crippen LogP contribution in [0.15, 0.2) is 12.4 Å². The number of carbonyl (C=O) groups excluding carboxylic acids is 1. The van der Waals surface area contributed by atoms with Gasteiger partial charge < -0.3 is 14.6 Å². The molecule has 1 saturated heterocycles. The molecule has 20 heavy (non-hydrogen) atoms. The molecule has 1 aliphatic heterocycles. The summed E-state index contributed by atoms with van der Waals surface area (Å²) < 4.78 is 7.78. The third kappa shape index (κ3) is 2.31. The van der Waals surface area contributed by atoms with Crippen LogP contribution in [0.2, 0.25) is 5.15 Å². The summed E-state index contributed by atoms with van der Waals surface area (Å²) in [5.74, 6) is 0.668. The molecule has 2 atom stereocenters. The second-order valence-corrected chi connectivity index (χ2v) is 5.45. The number of nitrogens with zero attached hydrogens (tertiary/aromatic N) is 3. The number of imidazole rings is 1. The Labute approximate surface area is 121 Å². The molecule has 0 radical (unpaired) electrons. The van der Waals surface area contributed by atoms with Crippen LogP contribution < -0.4 is 10.1 Å². The zero-order valence-corrected chi connectivity index (χ0v) is 12.0. The second kappa shape index (κ2) is 4.94. The van der Waals surface area contributed by atoms with Gasteiger partial charge in [-0.1, -0.05) is 11.6 Å². The van der Waals surface area contributed by atoms with Crippen LogP contribution in [0.5, 0.6) is 5.88 Å². The summed E-state index contributed by atoms with van der Waals surface area (Å²) in [6.45, 7) is 2.57. The number of hydrogen-bond donors (Lipinski definition) is 1. The van der Waals surface area contributed by atoms with Crippen molar-refractivity contribution in [2.75, 3.05) is 6.54 Å². The number of pyridine rings is 1. The monoisotopic (exact) mass is 294 g/mol. The number of nitrogens with one attached hydrogen (secondary N) is 1. The fourth-order valence-electron chi connectivity index (χ4n) is 2.42. The van der Waals surface area contributed by atoms with Crippen LogP contribution in [0.3, 0.4) is 0 Å². The molecule has 0 unspecified atom stereocenters. The number of hydrogen-bond acceptors (Lipinski definition) is 4. The molecule has 0 aromatic carbocycles. The Morgan fingerprint density at radius 1 is 1.60 bits per heavy atom. The molecule has 1 aliphatic rings. The number of aromatic nitrogens is 3. The molecule has 0 saturated carbocycles. The van der Waals surface area contributed by atoms with Crippen LogP contribution >= 0.6 is 11.6 Å². The van der Waals surface area contributed by atoms with Crippen molar-refractivity contribution >= 4 is 28.5 Å². The SMILES string of the molecule is C[C@@H](Oc1nc(Cl)cc2ncn(C)c12)[C@H]1CNC(=O)C1. The van der Waals surface area contributed by atoms with Gasteiger partial charge in [-0.15, -0.1) is 0 Å². The molecule has 3 rings (SSSR count). The lowest BCUT2D eigenvalue weighted by atomic mass is 10.0. The predicted octanol–water partition coefficient (Wildman–Crippen LogP) is 1.53. The van der Waals surface area contributed by atoms with E-state index in [1.54, 1.807) is 12.4 Å². The van der Waals surface area contributed by atoms with Gasteiger partial charge in [0.25, 0.3) is 0 Å². The maximum absolute atomic E-state index is 11.3. The predicted molar refractivity (Wildman–Crippen MR) is 74.7 cm³/mol. The van der Waals surface area contributed by atoms with Gasteiger partial charge in [0, 0.05) is 32.0 Å². The fourth-order valence-corrected chi connectivity index (χ4v) is 2.60. The van der Waals surface area contributed by atoms with Crippen molar-refractivity contribution in [1.82, 2.24) is 19.9 Å². The highest BCUT2D eigenvalue weighted by Gasteiger charge is 2.28. The summed E-state index contributed by atoms with van der Waals surface area (Å²) in [6, 6.07) is 1.70. The van der Waals surface area contributed by atoms with Gasteiger partial charge in [0.15, 0.2) is 0 Å². The lowest BCUT2D eigenvalue weighted by Crippen LogP contribution is -2.26. The Kier molecular flexibility index (Phi) is 3.25. The average Bonchev–Trinajstić information content (AvgIpc) is 2.96. The van der Waals surface area contributed by atoms with Crippen LogP contribution in [0.1, 0.15) is 13.3 Å². The first-order valence-corrected chi connectivity index (χ1v) is 6.83. The van der Waals surface area contributed by atoms with Crippen molar-refractivity contribution in [3.63, 3.8) is 0 Å². The van der Waals surface area contributed by atoms with E-state index in [9.17, 15) is 4.79 Å². The van der Waals surface area contributed by atoms with E-state index >= 15 is 0 Å². The minimum absolute atomic E-state index is 0.0650. The number of ether oxygens (including phenoxy) is 1. The summed E-state index contributed by atoms with van der Waals surface area (Å²) in [4.78, 5) is 19.8. The molecule has 0 spiro atoms. The topological polar surface area (TPSA) is 69.0 Å². The van der Waals surface area contributed by atoms with Crippen molar-refractivity contribution in [2.24, 2.45) is 13.0 Å². The molecule has 2 aromatic heterocycles. The number of rotatable bonds is 3. The maximum Gasteiger partial charge on any atom is 0.241 e. The first-order chi connectivity index (χ1) is 9.54. The molecular formula is C13H15ClN4O2. The lowest BCUT2D eigenvalue weighted by molar-refractivity contribution is -0.119. The third-order valence-electron chi connectivity index (χ3n) is 3.60. The lowest BCUT2D eigenvalue weighted by Gasteiger charge is -2.19. The minimum Gasteiger partial charge on any atom is -0.473 e. The number of aryl methyl sites for hydroxylation is 1. The van der Waals surface area contributed by atoms with Crippen LogP contribution in [0.4, 0.5) is 0 Å². The van der Waals surface area contributed by atoms with Crippen LogP contribution in [0, 0.1) is 5.92 Å². The molecule has 1 amide bonds. The molecule has 0 bridgehead atoms. The van der Waals surface area contributed by atoms with E-state index in [4.69, 9.17) is 16.3 Å². The number of halogens is 1. The van der Waals surface area contributed by atoms with Crippen molar-refractivity contribution in [3.05, 3.63) is 17.5 Å². The van der Waals surface area contributed by atoms with Crippen molar-refractivity contribution in [2.45, 2.75) is 19.4 Å². The van der Waals surface area contributed by atoms with Gasteiger partial charge in [-0.3, -0.25) is 4.79 Å². The zero-order valence-electron chi connectivity index (χ0n) is 11.3. The molecule has 2 aromatic rings. The molecule has 7 heteroatoms. The molecule has 6 nitrogen and oxygen atoms in total. The third-order valence-corrected chi connectivity index (χ3v) is 3.80. The molecule has 1 N–H and O–H groups in total. The number of fused-ring (bicyclic) bond motifs is 1.